The minimum atomic E-state index is -0.565. The molecule has 0 saturated carbocycles. The molecule has 0 aliphatic carbocycles. The molecule has 1 atom stereocenters. The van der Waals surface area contributed by atoms with Crippen molar-refractivity contribution in [2.24, 2.45) is 5.92 Å². The van der Waals surface area contributed by atoms with E-state index in [0.29, 0.717) is 23.7 Å². The summed E-state index contributed by atoms with van der Waals surface area (Å²) in [4.78, 5) is 24.4. The van der Waals surface area contributed by atoms with Gasteiger partial charge in [0.15, 0.2) is 0 Å². The summed E-state index contributed by atoms with van der Waals surface area (Å²) in [5, 5.41) is 9.30. The highest BCUT2D eigenvalue weighted by atomic mass is 35.5. The lowest BCUT2D eigenvalue weighted by Gasteiger charge is -2.21. The molecule has 0 aromatic heterocycles. The van der Waals surface area contributed by atoms with E-state index in [2.05, 4.69) is 16.0 Å². The molecule has 2 amide bonds. The fourth-order valence-electron chi connectivity index (χ4n) is 1.92. The van der Waals surface area contributed by atoms with Crippen LogP contribution in [0.25, 0.3) is 0 Å². The van der Waals surface area contributed by atoms with Gasteiger partial charge in [-0.05, 0) is 36.7 Å². The van der Waals surface area contributed by atoms with Gasteiger partial charge in [0.2, 0.25) is 5.91 Å². The van der Waals surface area contributed by atoms with E-state index < -0.39 is 6.04 Å². The van der Waals surface area contributed by atoms with E-state index in [9.17, 15) is 9.59 Å². The number of amides is 2. The zero-order chi connectivity index (χ0) is 16.5. The first-order valence-electron chi connectivity index (χ1n) is 7.50. The third kappa shape index (κ3) is 6.03. The van der Waals surface area contributed by atoms with Crippen LogP contribution in [0.15, 0.2) is 24.3 Å². The molecule has 1 aromatic carbocycles. The second-order valence-corrected chi connectivity index (χ2v) is 5.78. The Hall–Kier alpha value is -1.59. The van der Waals surface area contributed by atoms with E-state index in [1.54, 1.807) is 24.3 Å². The van der Waals surface area contributed by atoms with Gasteiger partial charge in [0.25, 0.3) is 5.91 Å². The van der Waals surface area contributed by atoms with Gasteiger partial charge in [-0.2, -0.15) is 0 Å². The highest BCUT2D eigenvalue weighted by molar-refractivity contribution is 6.30. The van der Waals surface area contributed by atoms with Gasteiger partial charge in [-0.3, -0.25) is 9.59 Å². The third-order valence-electron chi connectivity index (χ3n) is 3.19. The largest absolute Gasteiger partial charge is 0.353 e. The molecule has 5 nitrogen and oxygen atoms in total. The quantitative estimate of drug-likeness (QED) is 0.639. The Morgan fingerprint density at radius 3 is 2.32 bits per heavy atom. The number of rotatable bonds is 8. The van der Waals surface area contributed by atoms with Crippen LogP contribution in [0.1, 0.15) is 31.1 Å². The van der Waals surface area contributed by atoms with Crippen molar-refractivity contribution in [3.8, 4) is 0 Å². The monoisotopic (exact) mass is 325 g/mol. The fraction of sp³-hybridized carbons (Fsp3) is 0.500. The molecule has 0 saturated heterocycles. The number of halogens is 1. The fourth-order valence-corrected chi connectivity index (χ4v) is 2.05. The Morgan fingerprint density at radius 1 is 1.14 bits per heavy atom. The average Bonchev–Trinajstić information content (AvgIpc) is 2.49. The molecule has 0 bridgehead atoms. The number of nitrogens with one attached hydrogen (secondary N) is 3. The van der Waals surface area contributed by atoms with Crippen LogP contribution >= 0.6 is 11.6 Å². The summed E-state index contributed by atoms with van der Waals surface area (Å²) in [6.45, 7) is 7.90. The van der Waals surface area contributed by atoms with Crippen LogP contribution in [0.3, 0.4) is 0 Å². The minimum absolute atomic E-state index is 0.00427. The van der Waals surface area contributed by atoms with Crippen LogP contribution < -0.4 is 16.0 Å². The Balaban J connectivity index is 2.61. The molecule has 0 aliphatic rings. The second-order valence-electron chi connectivity index (χ2n) is 5.35. The average molecular weight is 326 g/mol. The lowest BCUT2D eigenvalue weighted by molar-refractivity contribution is -0.123. The first kappa shape index (κ1) is 18.5. The van der Waals surface area contributed by atoms with Crippen LogP contribution in [0, 0.1) is 5.92 Å². The molecule has 1 unspecified atom stereocenters. The molecule has 0 spiro atoms. The predicted molar refractivity (Wildman–Crippen MR) is 89.1 cm³/mol. The van der Waals surface area contributed by atoms with Crippen molar-refractivity contribution >= 4 is 23.4 Å². The van der Waals surface area contributed by atoms with E-state index in [1.165, 1.54) is 0 Å². The van der Waals surface area contributed by atoms with Gasteiger partial charge < -0.3 is 16.0 Å². The zero-order valence-corrected chi connectivity index (χ0v) is 14.0. The number of carbonyl (C=O) groups excluding carboxylic acids is 2. The SMILES string of the molecule is CCNCCNC(=O)C(NC(=O)c1ccc(Cl)cc1)C(C)C. The van der Waals surface area contributed by atoms with Crippen LogP contribution in [0.2, 0.25) is 5.02 Å². The summed E-state index contributed by atoms with van der Waals surface area (Å²) >= 11 is 5.80. The van der Waals surface area contributed by atoms with Crippen LogP contribution in [-0.4, -0.2) is 37.5 Å². The van der Waals surface area contributed by atoms with Gasteiger partial charge in [-0.1, -0.05) is 32.4 Å². The predicted octanol–water partition coefficient (Wildman–Crippen LogP) is 1.82. The lowest BCUT2D eigenvalue weighted by atomic mass is 10.0. The smallest absolute Gasteiger partial charge is 0.251 e. The number of likely N-dealkylation sites (N-methyl/N-ethyl adjacent to an activating group) is 1. The number of carbonyl (C=O) groups is 2. The van der Waals surface area contributed by atoms with Crippen molar-refractivity contribution in [1.29, 1.82) is 0 Å². The van der Waals surface area contributed by atoms with Gasteiger partial charge >= 0.3 is 0 Å². The van der Waals surface area contributed by atoms with Gasteiger partial charge in [-0.25, -0.2) is 0 Å². The third-order valence-corrected chi connectivity index (χ3v) is 3.45. The molecule has 0 radical (unpaired) electrons. The molecule has 0 aliphatic heterocycles. The summed E-state index contributed by atoms with van der Waals surface area (Å²) in [5.41, 5.74) is 0.482. The molecule has 0 fully saturated rings. The molecule has 1 aromatic rings. The normalized spacial score (nSPS) is 12.0. The number of hydrogen-bond acceptors (Lipinski definition) is 3. The van der Waals surface area contributed by atoms with Gasteiger partial charge in [0, 0.05) is 23.7 Å². The van der Waals surface area contributed by atoms with Crippen molar-refractivity contribution in [3.05, 3.63) is 34.9 Å². The highest BCUT2D eigenvalue weighted by Crippen LogP contribution is 2.10. The van der Waals surface area contributed by atoms with Crippen molar-refractivity contribution in [1.82, 2.24) is 16.0 Å². The van der Waals surface area contributed by atoms with Crippen molar-refractivity contribution in [2.75, 3.05) is 19.6 Å². The van der Waals surface area contributed by atoms with E-state index in [0.717, 1.165) is 6.54 Å². The van der Waals surface area contributed by atoms with Crippen molar-refractivity contribution in [3.63, 3.8) is 0 Å². The molecule has 3 N–H and O–H groups in total. The summed E-state index contributed by atoms with van der Waals surface area (Å²) in [5.74, 6) is -0.456. The maximum absolute atomic E-state index is 12.2. The molecule has 122 valence electrons. The van der Waals surface area contributed by atoms with Crippen LogP contribution in [0.5, 0.6) is 0 Å². The molecular weight excluding hydrogens is 302 g/mol. The van der Waals surface area contributed by atoms with E-state index in [1.807, 2.05) is 20.8 Å². The molecule has 6 heteroatoms. The van der Waals surface area contributed by atoms with Gasteiger partial charge in [0.05, 0.1) is 0 Å². The van der Waals surface area contributed by atoms with E-state index >= 15 is 0 Å². The molecule has 0 heterocycles. The van der Waals surface area contributed by atoms with Crippen LogP contribution in [0.4, 0.5) is 0 Å². The van der Waals surface area contributed by atoms with Gasteiger partial charge in [0.1, 0.15) is 6.04 Å². The lowest BCUT2D eigenvalue weighted by Crippen LogP contribution is -2.50. The maximum atomic E-state index is 12.2. The Bertz CT molecular complexity index is 489. The Kier molecular flexibility index (Phi) is 7.91. The van der Waals surface area contributed by atoms with Crippen LogP contribution in [-0.2, 0) is 4.79 Å². The minimum Gasteiger partial charge on any atom is -0.353 e. The Morgan fingerprint density at radius 2 is 1.77 bits per heavy atom. The van der Waals surface area contributed by atoms with Crippen molar-refractivity contribution < 1.29 is 9.59 Å². The van der Waals surface area contributed by atoms with E-state index in [4.69, 9.17) is 11.6 Å². The molecule has 1 rings (SSSR count). The van der Waals surface area contributed by atoms with Crippen molar-refractivity contribution in [2.45, 2.75) is 26.8 Å². The molecular formula is C16H24ClN3O2. The summed E-state index contributed by atoms with van der Waals surface area (Å²) < 4.78 is 0. The number of hydrogen-bond donors (Lipinski definition) is 3. The summed E-state index contributed by atoms with van der Waals surface area (Å²) in [7, 11) is 0. The zero-order valence-electron chi connectivity index (χ0n) is 13.3. The van der Waals surface area contributed by atoms with Gasteiger partial charge in [-0.15, -0.1) is 0 Å². The summed E-state index contributed by atoms with van der Waals surface area (Å²) in [6, 6.07) is 6.01. The topological polar surface area (TPSA) is 70.2 Å². The highest BCUT2D eigenvalue weighted by Gasteiger charge is 2.24. The maximum Gasteiger partial charge on any atom is 0.251 e. The molecule has 22 heavy (non-hydrogen) atoms. The Labute approximate surface area is 136 Å². The number of benzene rings is 1. The van der Waals surface area contributed by atoms with E-state index in [-0.39, 0.29) is 17.7 Å². The first-order chi connectivity index (χ1) is 10.5. The second kappa shape index (κ2) is 9.43. The summed E-state index contributed by atoms with van der Waals surface area (Å²) in [6.07, 6.45) is 0. The standard InChI is InChI=1S/C16H24ClN3O2/c1-4-18-9-10-19-16(22)14(11(2)3)20-15(21)12-5-7-13(17)8-6-12/h5-8,11,14,18H,4,9-10H2,1-3H3,(H,19,22)(H,20,21). The first-order valence-corrected chi connectivity index (χ1v) is 7.88.